The van der Waals surface area contributed by atoms with E-state index in [2.05, 4.69) is 26.0 Å². The number of esters is 1. The average molecular weight is 166 g/mol. The molecule has 0 bridgehead atoms. The second kappa shape index (κ2) is 1.79. The molecule has 1 unspecified atom stereocenters. The van der Waals surface area contributed by atoms with E-state index in [0.717, 1.165) is 0 Å². The minimum Gasteiger partial charge on any atom is -0.448 e. The van der Waals surface area contributed by atoms with Gasteiger partial charge in [-0.05, 0) is 0 Å². The molecule has 1 heterocycles. The molecule has 1 rings (SSSR count). The van der Waals surface area contributed by atoms with Gasteiger partial charge in [-0.2, -0.15) is 0 Å². The third-order valence-corrected chi connectivity index (χ3v) is 1.38. The molecule has 1 aliphatic heterocycles. The summed E-state index contributed by atoms with van der Waals surface area (Å²) >= 11 is 3.02. The van der Waals surface area contributed by atoms with E-state index >= 15 is 0 Å². The van der Waals surface area contributed by atoms with Crippen molar-refractivity contribution in [1.29, 1.82) is 0 Å². The van der Waals surface area contributed by atoms with Crippen LogP contribution in [0.4, 0.5) is 0 Å². The second-order valence-corrected chi connectivity index (χ2v) is 2.09. The van der Waals surface area contributed by atoms with E-state index < -0.39 is 0 Å². The Labute approximate surface area is 49.2 Å². The van der Waals surface area contributed by atoms with Crippen LogP contribution in [0.5, 0.6) is 0 Å². The monoisotopic (exact) mass is 165 g/mol. The SMILES string of the molecule is O=C1OCNC1Br. The van der Waals surface area contributed by atoms with Crippen LogP contribution >= 0.6 is 15.9 Å². The molecule has 3 nitrogen and oxygen atoms in total. The van der Waals surface area contributed by atoms with Gasteiger partial charge < -0.3 is 4.74 Å². The van der Waals surface area contributed by atoms with Gasteiger partial charge in [0.25, 0.3) is 0 Å². The molecule has 0 aromatic heterocycles. The van der Waals surface area contributed by atoms with Gasteiger partial charge in [0.1, 0.15) is 6.73 Å². The van der Waals surface area contributed by atoms with Crippen molar-refractivity contribution in [2.45, 2.75) is 4.95 Å². The highest BCUT2D eigenvalue weighted by Gasteiger charge is 2.21. The highest BCUT2D eigenvalue weighted by atomic mass is 79.9. The number of hydrogen-bond donors (Lipinski definition) is 1. The first kappa shape index (κ1) is 5.05. The molecular weight excluding hydrogens is 162 g/mol. The highest BCUT2D eigenvalue weighted by molar-refractivity contribution is 9.10. The van der Waals surface area contributed by atoms with Crippen LogP contribution < -0.4 is 5.32 Å². The molecule has 1 saturated heterocycles. The summed E-state index contributed by atoms with van der Waals surface area (Å²) in [6.07, 6.45) is 0. The fourth-order valence-corrected chi connectivity index (χ4v) is 0.607. The zero-order valence-electron chi connectivity index (χ0n) is 3.48. The van der Waals surface area contributed by atoms with Crippen LogP contribution in [0.2, 0.25) is 0 Å². The van der Waals surface area contributed by atoms with Crippen molar-refractivity contribution in [3.05, 3.63) is 0 Å². The molecule has 1 aliphatic rings. The van der Waals surface area contributed by atoms with Crippen LogP contribution in [0.25, 0.3) is 0 Å². The molecule has 1 N–H and O–H groups in total. The van der Waals surface area contributed by atoms with E-state index in [1.807, 2.05) is 0 Å². The largest absolute Gasteiger partial charge is 0.448 e. The van der Waals surface area contributed by atoms with Gasteiger partial charge in [-0.15, -0.1) is 0 Å². The summed E-state index contributed by atoms with van der Waals surface area (Å²) in [5.41, 5.74) is 0. The summed E-state index contributed by atoms with van der Waals surface area (Å²) in [6.45, 7) is 0.328. The van der Waals surface area contributed by atoms with Gasteiger partial charge in [0.15, 0.2) is 4.95 Å². The van der Waals surface area contributed by atoms with Gasteiger partial charge in [-0.1, -0.05) is 15.9 Å². The topological polar surface area (TPSA) is 38.3 Å². The lowest BCUT2D eigenvalue weighted by Crippen LogP contribution is -2.18. The van der Waals surface area contributed by atoms with E-state index in [4.69, 9.17) is 0 Å². The minimum absolute atomic E-state index is 0.236. The van der Waals surface area contributed by atoms with Gasteiger partial charge in [0.2, 0.25) is 0 Å². The summed E-state index contributed by atoms with van der Waals surface area (Å²) in [7, 11) is 0. The number of carbonyl (C=O) groups is 1. The summed E-state index contributed by atoms with van der Waals surface area (Å²) in [4.78, 5) is 9.96. The molecule has 0 saturated carbocycles. The molecule has 0 amide bonds. The number of cyclic esters (lactones) is 1. The molecule has 1 fully saturated rings. The minimum atomic E-state index is -0.285. The van der Waals surface area contributed by atoms with Gasteiger partial charge in [-0.3, -0.25) is 5.32 Å². The maximum Gasteiger partial charge on any atom is 0.335 e. The number of alkyl halides is 1. The maximum absolute atomic E-state index is 10.2. The predicted molar refractivity (Wildman–Crippen MR) is 26.8 cm³/mol. The van der Waals surface area contributed by atoms with Crippen molar-refractivity contribution < 1.29 is 9.53 Å². The van der Waals surface area contributed by atoms with Gasteiger partial charge in [-0.25, -0.2) is 4.79 Å². The fraction of sp³-hybridized carbons (Fsp3) is 0.667. The number of nitrogens with one attached hydrogen (secondary N) is 1. The van der Waals surface area contributed by atoms with Crippen molar-refractivity contribution in [3.8, 4) is 0 Å². The van der Waals surface area contributed by atoms with Crippen LogP contribution in [0.15, 0.2) is 0 Å². The Kier molecular flexibility index (Phi) is 1.30. The molecule has 0 aromatic rings. The molecule has 0 spiro atoms. The lowest BCUT2D eigenvalue weighted by molar-refractivity contribution is -0.137. The first-order valence-electron chi connectivity index (χ1n) is 1.85. The van der Waals surface area contributed by atoms with Crippen molar-refractivity contribution in [1.82, 2.24) is 5.32 Å². The van der Waals surface area contributed by atoms with Crippen molar-refractivity contribution in [2.75, 3.05) is 6.73 Å². The molecule has 4 heteroatoms. The van der Waals surface area contributed by atoms with Crippen LogP contribution in [0.3, 0.4) is 0 Å². The zero-order chi connectivity index (χ0) is 5.28. The van der Waals surface area contributed by atoms with Crippen molar-refractivity contribution in [3.63, 3.8) is 0 Å². The number of ether oxygens (including phenoxy) is 1. The Bertz CT molecular complexity index is 94.9. The van der Waals surface area contributed by atoms with Crippen LogP contribution in [0.1, 0.15) is 0 Å². The summed E-state index contributed by atoms with van der Waals surface area (Å²) in [5, 5.41) is 2.71. The van der Waals surface area contributed by atoms with Gasteiger partial charge in [0.05, 0.1) is 0 Å². The van der Waals surface area contributed by atoms with E-state index in [0.29, 0.717) is 6.73 Å². The Hall–Kier alpha value is -0.0900. The maximum atomic E-state index is 10.2. The van der Waals surface area contributed by atoms with Crippen LogP contribution in [0, 0.1) is 0 Å². The standard InChI is InChI=1S/C3H4BrNO2/c4-2-3(6)7-1-5-2/h2,5H,1H2. The third-order valence-electron chi connectivity index (χ3n) is 0.684. The van der Waals surface area contributed by atoms with Gasteiger partial charge >= 0.3 is 5.97 Å². The van der Waals surface area contributed by atoms with Gasteiger partial charge in [0, 0.05) is 0 Å². The third kappa shape index (κ3) is 0.920. The van der Waals surface area contributed by atoms with E-state index in [9.17, 15) is 4.79 Å². The number of halogens is 1. The smallest absolute Gasteiger partial charge is 0.335 e. The van der Waals surface area contributed by atoms with E-state index in [1.165, 1.54) is 0 Å². The summed E-state index contributed by atoms with van der Waals surface area (Å²) in [5.74, 6) is -0.236. The molecule has 0 aromatic carbocycles. The zero-order valence-corrected chi connectivity index (χ0v) is 5.06. The van der Waals surface area contributed by atoms with E-state index in [1.54, 1.807) is 0 Å². The summed E-state index contributed by atoms with van der Waals surface area (Å²) in [6, 6.07) is 0. The average Bonchev–Trinajstić information content (AvgIpc) is 1.91. The Balaban J connectivity index is 2.48. The first-order chi connectivity index (χ1) is 3.30. The number of rotatable bonds is 0. The first-order valence-corrected chi connectivity index (χ1v) is 2.76. The molecular formula is C3H4BrNO2. The van der Waals surface area contributed by atoms with Crippen LogP contribution in [-0.4, -0.2) is 17.7 Å². The fourth-order valence-electron chi connectivity index (χ4n) is 0.342. The lowest BCUT2D eigenvalue weighted by Gasteiger charge is -1.86. The number of hydrogen-bond acceptors (Lipinski definition) is 3. The van der Waals surface area contributed by atoms with E-state index in [-0.39, 0.29) is 10.9 Å². The van der Waals surface area contributed by atoms with Crippen molar-refractivity contribution in [2.24, 2.45) is 0 Å². The molecule has 1 atom stereocenters. The Morgan fingerprint density at radius 2 is 2.71 bits per heavy atom. The normalized spacial score (nSPS) is 30.4. The van der Waals surface area contributed by atoms with Crippen LogP contribution in [-0.2, 0) is 9.53 Å². The molecule has 0 aliphatic carbocycles. The second-order valence-electron chi connectivity index (χ2n) is 1.17. The lowest BCUT2D eigenvalue weighted by atomic mass is 10.7. The Morgan fingerprint density at radius 3 is 2.86 bits per heavy atom. The number of carbonyl (C=O) groups excluding carboxylic acids is 1. The Morgan fingerprint density at radius 1 is 2.00 bits per heavy atom. The molecule has 0 radical (unpaired) electrons. The highest BCUT2D eigenvalue weighted by Crippen LogP contribution is 2.02. The summed E-state index contributed by atoms with van der Waals surface area (Å²) < 4.78 is 4.47. The molecule has 40 valence electrons. The predicted octanol–water partition coefficient (Wildman–Crippen LogP) is -0.189. The molecule has 7 heavy (non-hydrogen) atoms. The van der Waals surface area contributed by atoms with Crippen molar-refractivity contribution >= 4 is 21.9 Å². The quantitative estimate of drug-likeness (QED) is 0.308.